The molecule has 0 rings (SSSR count). The van der Waals surface area contributed by atoms with Crippen molar-refractivity contribution < 1.29 is 47.8 Å². The average Bonchev–Trinajstić information content (AvgIpc) is 3.13. The number of carbonyl (C=O) groups excluding carboxylic acids is 8. The summed E-state index contributed by atoms with van der Waals surface area (Å²) in [5.74, 6) is -4.35. The summed E-state index contributed by atoms with van der Waals surface area (Å²) in [5, 5.41) is 8.08. The van der Waals surface area contributed by atoms with Gasteiger partial charge in [-0.3, -0.25) is 33.7 Å². The molecule has 3 N–H and O–H groups in total. The van der Waals surface area contributed by atoms with Gasteiger partial charge >= 0.3 is 12.1 Å². The first-order chi connectivity index (χ1) is 26.0. The maximum Gasteiger partial charge on any atom is 0.410 e. The molecule has 0 aliphatic rings. The Kier molecular flexibility index (Phi) is 21.3. The fraction of sp³-hybridized carbons (Fsp3) is 0.800. The van der Waals surface area contributed by atoms with Crippen LogP contribution in [-0.2, 0) is 43.0 Å². The van der Waals surface area contributed by atoms with Crippen LogP contribution in [0.25, 0.3) is 0 Å². The number of hydrogen-bond donors (Lipinski definition) is 3. The molecule has 0 aliphatic carbocycles. The summed E-state index contributed by atoms with van der Waals surface area (Å²) in [6, 6.07) is -7.10. The molecule has 0 radical (unpaired) electrons. The van der Waals surface area contributed by atoms with E-state index in [0.29, 0.717) is 12.8 Å². The zero-order chi connectivity index (χ0) is 44.9. The van der Waals surface area contributed by atoms with Gasteiger partial charge in [-0.15, -0.1) is 0 Å². The van der Waals surface area contributed by atoms with E-state index in [4.69, 9.17) is 9.47 Å². The molecule has 17 nitrogen and oxygen atoms in total. The summed E-state index contributed by atoms with van der Waals surface area (Å²) in [6.07, 6.45) is 0.412. The summed E-state index contributed by atoms with van der Waals surface area (Å²) in [4.78, 5) is 111. The van der Waals surface area contributed by atoms with E-state index in [1.807, 2.05) is 34.6 Å². The monoisotopic (exact) mass is 812 g/mol. The number of rotatable bonds is 20. The summed E-state index contributed by atoms with van der Waals surface area (Å²) >= 11 is 0. The van der Waals surface area contributed by atoms with Crippen molar-refractivity contribution in [2.75, 3.05) is 35.3 Å². The number of ether oxygens (including phenoxy) is 2. The van der Waals surface area contributed by atoms with Gasteiger partial charge in [-0.25, -0.2) is 9.59 Å². The van der Waals surface area contributed by atoms with Gasteiger partial charge in [0.05, 0.1) is 7.11 Å². The molecule has 0 heterocycles. The van der Waals surface area contributed by atoms with Gasteiger partial charge in [0.15, 0.2) is 0 Å². The van der Waals surface area contributed by atoms with Crippen molar-refractivity contribution in [2.45, 2.75) is 157 Å². The van der Waals surface area contributed by atoms with E-state index in [9.17, 15) is 38.4 Å². The topological polar surface area (TPSA) is 204 Å². The summed E-state index contributed by atoms with van der Waals surface area (Å²) in [5.41, 5.74) is -0.771. The minimum atomic E-state index is -1.13. The van der Waals surface area contributed by atoms with Gasteiger partial charge in [0.2, 0.25) is 35.4 Å². The molecule has 0 aromatic rings. The van der Waals surface area contributed by atoms with E-state index in [1.165, 1.54) is 77.7 Å². The highest BCUT2D eigenvalue weighted by atomic mass is 16.6. The van der Waals surface area contributed by atoms with E-state index in [1.54, 1.807) is 27.7 Å². The zero-order valence-electron chi connectivity index (χ0n) is 37.8. The smallest absolute Gasteiger partial charge is 0.410 e. The summed E-state index contributed by atoms with van der Waals surface area (Å²) in [6.45, 7) is 22.3. The van der Waals surface area contributed by atoms with E-state index in [0.717, 1.165) is 4.90 Å². The van der Waals surface area contributed by atoms with Gasteiger partial charge in [-0.05, 0) is 79.1 Å². The minimum Gasteiger partial charge on any atom is -0.467 e. The standard InChI is InChI=1S/C40H73N7O10/c1-19-24(6)31(43-32(48)25(7)41-33(49)26(8)44(14)35(51)28(10)46(16)39(55)57-40(11,12)13)37(53)45(15)27(9)36(52)47(17)30(21-23(4)5)34(50)42-29(20-22(2)3)38(54)56-18/h22-31H,19-21H2,1-18H3,(H,41,49)(H,42,50)(H,43,48)/t24-,25+,26+,27-,28-,29-,30-,31+/m0/s1. The lowest BCUT2D eigenvalue weighted by Gasteiger charge is -2.36. The van der Waals surface area contributed by atoms with Crippen molar-refractivity contribution in [3.05, 3.63) is 0 Å². The highest BCUT2D eigenvalue weighted by Crippen LogP contribution is 2.18. The number of esters is 1. The Balaban J connectivity index is 5.95. The van der Waals surface area contributed by atoms with Gasteiger partial charge in [0.1, 0.15) is 47.9 Å². The Labute approximate surface area is 340 Å². The first-order valence-electron chi connectivity index (χ1n) is 19.8. The van der Waals surface area contributed by atoms with Crippen molar-refractivity contribution in [1.29, 1.82) is 0 Å². The molecule has 8 atom stereocenters. The van der Waals surface area contributed by atoms with Crippen molar-refractivity contribution in [3.63, 3.8) is 0 Å². The molecule has 0 saturated heterocycles. The lowest BCUT2D eigenvalue weighted by atomic mass is 9.96. The van der Waals surface area contributed by atoms with Crippen LogP contribution in [0.2, 0.25) is 0 Å². The second kappa shape index (κ2) is 23.1. The van der Waals surface area contributed by atoms with E-state index in [-0.39, 0.29) is 24.2 Å². The molecule has 0 aliphatic heterocycles. The zero-order valence-corrected chi connectivity index (χ0v) is 37.8. The molecule has 7 amide bonds. The summed E-state index contributed by atoms with van der Waals surface area (Å²) < 4.78 is 10.2. The Morgan fingerprint density at radius 3 is 1.51 bits per heavy atom. The average molecular weight is 812 g/mol. The fourth-order valence-corrected chi connectivity index (χ4v) is 5.69. The second-order valence-electron chi connectivity index (χ2n) is 16.9. The molecule has 57 heavy (non-hydrogen) atoms. The Hall–Kier alpha value is -4.44. The van der Waals surface area contributed by atoms with Gasteiger partial charge < -0.3 is 40.1 Å². The van der Waals surface area contributed by atoms with Gasteiger partial charge in [0, 0.05) is 28.2 Å². The molecular formula is C40H73N7O10. The molecular weight excluding hydrogens is 738 g/mol. The van der Waals surface area contributed by atoms with Crippen molar-refractivity contribution in [1.82, 2.24) is 35.6 Å². The number of nitrogens with one attached hydrogen (secondary N) is 3. The predicted octanol–water partition coefficient (Wildman–Crippen LogP) is 2.55. The molecule has 0 fully saturated rings. The van der Waals surface area contributed by atoms with Crippen LogP contribution in [0, 0.1) is 17.8 Å². The molecule has 0 aromatic heterocycles. The van der Waals surface area contributed by atoms with Crippen LogP contribution in [0.4, 0.5) is 4.79 Å². The molecule has 0 bridgehead atoms. The van der Waals surface area contributed by atoms with E-state index in [2.05, 4.69) is 16.0 Å². The molecule has 0 spiro atoms. The maximum absolute atomic E-state index is 14.0. The van der Waals surface area contributed by atoms with Crippen LogP contribution < -0.4 is 16.0 Å². The van der Waals surface area contributed by atoms with Crippen molar-refractivity contribution in [3.8, 4) is 0 Å². The Morgan fingerprint density at radius 1 is 0.579 bits per heavy atom. The van der Waals surface area contributed by atoms with Gasteiger partial charge in [-0.2, -0.15) is 0 Å². The third kappa shape index (κ3) is 16.1. The van der Waals surface area contributed by atoms with Crippen LogP contribution in [0.1, 0.15) is 109 Å². The number of hydrogen-bond acceptors (Lipinski definition) is 10. The van der Waals surface area contributed by atoms with E-state index >= 15 is 0 Å². The normalized spacial score (nSPS) is 15.7. The second-order valence-corrected chi connectivity index (χ2v) is 16.9. The molecule has 0 aromatic carbocycles. The molecule has 0 unspecified atom stereocenters. The number of amides is 7. The Bertz CT molecular complexity index is 1410. The lowest BCUT2D eigenvalue weighted by Crippen LogP contribution is -2.60. The first-order valence-corrected chi connectivity index (χ1v) is 19.8. The van der Waals surface area contributed by atoms with Crippen molar-refractivity contribution >= 4 is 47.5 Å². The van der Waals surface area contributed by atoms with Crippen LogP contribution >= 0.6 is 0 Å². The number of methoxy groups -OCH3 is 1. The predicted molar refractivity (Wildman–Crippen MR) is 216 cm³/mol. The number of carbonyl (C=O) groups is 8. The number of nitrogens with zero attached hydrogens (tertiary/aromatic N) is 4. The highest BCUT2D eigenvalue weighted by Gasteiger charge is 2.38. The highest BCUT2D eigenvalue weighted by molar-refractivity contribution is 5.97. The summed E-state index contributed by atoms with van der Waals surface area (Å²) in [7, 11) is 6.99. The van der Waals surface area contributed by atoms with Crippen molar-refractivity contribution in [2.24, 2.45) is 17.8 Å². The third-order valence-electron chi connectivity index (χ3n) is 10.1. The molecule has 0 saturated carbocycles. The maximum atomic E-state index is 14.0. The van der Waals surface area contributed by atoms with Gasteiger partial charge in [0.25, 0.3) is 0 Å². The SMILES string of the molecule is CC[C@H](C)[C@@H](NC(=O)[C@@H](C)NC(=O)[C@@H](C)N(C)C(=O)[C@H](C)N(C)C(=O)OC(C)(C)C)C(=O)N(C)[C@@H](C)C(=O)N(C)[C@@H](CC(C)C)C(=O)N[C@@H](CC(C)C)C(=O)OC. The third-order valence-corrected chi connectivity index (χ3v) is 10.1. The first kappa shape index (κ1) is 52.6. The van der Waals surface area contributed by atoms with Crippen LogP contribution in [0.5, 0.6) is 0 Å². The molecule has 328 valence electrons. The van der Waals surface area contributed by atoms with Crippen LogP contribution in [0.15, 0.2) is 0 Å². The lowest BCUT2D eigenvalue weighted by molar-refractivity contribution is -0.150. The quantitative estimate of drug-likeness (QED) is 0.153. The van der Waals surface area contributed by atoms with E-state index < -0.39 is 95.4 Å². The Morgan fingerprint density at radius 2 is 1.05 bits per heavy atom. The van der Waals surface area contributed by atoms with Crippen LogP contribution in [0.3, 0.4) is 0 Å². The number of likely N-dealkylation sites (N-methyl/N-ethyl adjacent to an activating group) is 4. The minimum absolute atomic E-state index is 0.00174. The van der Waals surface area contributed by atoms with Gasteiger partial charge in [-0.1, -0.05) is 48.0 Å². The molecule has 17 heteroatoms. The van der Waals surface area contributed by atoms with Crippen LogP contribution in [-0.4, -0.2) is 150 Å². The largest absolute Gasteiger partial charge is 0.467 e. The fourth-order valence-electron chi connectivity index (χ4n) is 5.69.